The van der Waals surface area contributed by atoms with E-state index < -0.39 is 6.10 Å². The van der Waals surface area contributed by atoms with Crippen LogP contribution in [0.25, 0.3) is 0 Å². The van der Waals surface area contributed by atoms with E-state index in [1.54, 1.807) is 11.5 Å². The van der Waals surface area contributed by atoms with Crippen LogP contribution in [0.3, 0.4) is 0 Å². The van der Waals surface area contributed by atoms with Gasteiger partial charge in [-0.3, -0.25) is 4.57 Å². The Bertz CT molecular complexity index is 589. The Balaban J connectivity index is 2.37. The first kappa shape index (κ1) is 12.9. The molecule has 1 unspecified atom stereocenters. The Labute approximate surface area is 109 Å². The molecular weight excluding hydrogens is 250 g/mol. The molecule has 1 heterocycles. The van der Waals surface area contributed by atoms with Crippen LogP contribution in [0.15, 0.2) is 39.1 Å². The van der Waals surface area contributed by atoms with Crippen LogP contribution in [-0.2, 0) is 6.54 Å². The molecule has 2 aromatic rings. The monoisotopic (exact) mass is 265 g/mol. The second kappa shape index (κ2) is 5.41. The molecule has 0 aliphatic carbocycles. The molecule has 0 bridgehead atoms. The molecule has 2 rings (SSSR count). The molecular formula is C12H15N3O2S. The molecule has 96 valence electrons. The molecule has 1 aromatic carbocycles. The Hall–Kier alpha value is -1.53. The van der Waals surface area contributed by atoms with Crippen molar-refractivity contribution in [3.8, 4) is 0 Å². The van der Waals surface area contributed by atoms with Gasteiger partial charge in [0.15, 0.2) is 5.16 Å². The number of aliphatic hydroxyl groups is 1. The molecule has 1 aromatic heterocycles. The standard InChI is InChI=1S/C12H15N3O2S/c1-3-15-11(17)13-14-12(15)18-10-7-5-4-6-9(10)8(2)16/h4-8,16H,3H2,1-2H3,(H,13,17). The maximum atomic E-state index is 11.5. The van der Waals surface area contributed by atoms with Gasteiger partial charge in [0.1, 0.15) is 0 Å². The van der Waals surface area contributed by atoms with Crippen molar-refractivity contribution in [2.45, 2.75) is 36.5 Å². The van der Waals surface area contributed by atoms with Gasteiger partial charge in [0.25, 0.3) is 0 Å². The van der Waals surface area contributed by atoms with E-state index in [9.17, 15) is 9.90 Å². The van der Waals surface area contributed by atoms with Crippen molar-refractivity contribution >= 4 is 11.8 Å². The molecule has 0 saturated carbocycles. The minimum atomic E-state index is -0.547. The molecule has 0 aliphatic heterocycles. The number of benzene rings is 1. The molecule has 6 heteroatoms. The number of aromatic nitrogens is 3. The van der Waals surface area contributed by atoms with Crippen LogP contribution in [-0.4, -0.2) is 19.9 Å². The number of rotatable bonds is 4. The molecule has 0 amide bonds. The van der Waals surface area contributed by atoms with Crippen LogP contribution in [0.5, 0.6) is 0 Å². The summed E-state index contributed by atoms with van der Waals surface area (Å²) in [5.74, 6) is 0. The van der Waals surface area contributed by atoms with Gasteiger partial charge in [-0.15, -0.1) is 5.10 Å². The topological polar surface area (TPSA) is 70.9 Å². The lowest BCUT2D eigenvalue weighted by Crippen LogP contribution is -2.16. The Kier molecular flexibility index (Phi) is 3.88. The molecule has 2 N–H and O–H groups in total. The number of hydrogen-bond acceptors (Lipinski definition) is 4. The highest BCUT2D eigenvalue weighted by Gasteiger charge is 2.13. The highest BCUT2D eigenvalue weighted by Crippen LogP contribution is 2.31. The largest absolute Gasteiger partial charge is 0.389 e. The summed E-state index contributed by atoms with van der Waals surface area (Å²) in [6, 6.07) is 7.55. The van der Waals surface area contributed by atoms with Gasteiger partial charge in [0.05, 0.1) is 6.10 Å². The fourth-order valence-corrected chi connectivity index (χ4v) is 2.79. The van der Waals surface area contributed by atoms with Gasteiger partial charge in [-0.25, -0.2) is 9.89 Å². The third kappa shape index (κ3) is 2.49. The number of nitrogens with zero attached hydrogens (tertiary/aromatic N) is 2. The van der Waals surface area contributed by atoms with Gasteiger partial charge in [-0.2, -0.15) is 0 Å². The zero-order chi connectivity index (χ0) is 13.1. The van der Waals surface area contributed by atoms with Gasteiger partial charge in [-0.05, 0) is 37.2 Å². The van der Waals surface area contributed by atoms with Crippen LogP contribution < -0.4 is 5.69 Å². The van der Waals surface area contributed by atoms with Crippen LogP contribution in [0, 0.1) is 0 Å². The lowest BCUT2D eigenvalue weighted by molar-refractivity contribution is 0.196. The molecule has 1 atom stereocenters. The van der Waals surface area contributed by atoms with Crippen LogP contribution in [0.2, 0.25) is 0 Å². The maximum absolute atomic E-state index is 11.5. The summed E-state index contributed by atoms with van der Waals surface area (Å²) in [5, 5.41) is 16.7. The second-order valence-electron chi connectivity index (χ2n) is 3.87. The average molecular weight is 265 g/mol. The maximum Gasteiger partial charge on any atom is 0.343 e. The number of aliphatic hydroxyl groups excluding tert-OH is 1. The molecule has 0 radical (unpaired) electrons. The van der Waals surface area contributed by atoms with Crippen molar-refractivity contribution in [2.24, 2.45) is 0 Å². The van der Waals surface area contributed by atoms with Crippen LogP contribution in [0.1, 0.15) is 25.5 Å². The van der Waals surface area contributed by atoms with E-state index in [1.165, 1.54) is 11.8 Å². The molecule has 0 spiro atoms. The predicted octanol–water partition coefficient (Wildman–Crippen LogP) is 1.80. The zero-order valence-corrected chi connectivity index (χ0v) is 11.1. The highest BCUT2D eigenvalue weighted by molar-refractivity contribution is 7.99. The van der Waals surface area contributed by atoms with Crippen molar-refractivity contribution in [3.05, 3.63) is 40.3 Å². The lowest BCUT2D eigenvalue weighted by Gasteiger charge is -2.10. The van der Waals surface area contributed by atoms with Crippen molar-refractivity contribution in [1.82, 2.24) is 14.8 Å². The van der Waals surface area contributed by atoms with Gasteiger partial charge in [0.2, 0.25) is 0 Å². The Morgan fingerprint density at radius 2 is 2.22 bits per heavy atom. The molecule has 0 aliphatic rings. The van der Waals surface area contributed by atoms with Gasteiger partial charge in [0, 0.05) is 11.4 Å². The molecule has 5 nitrogen and oxygen atoms in total. The minimum Gasteiger partial charge on any atom is -0.389 e. The molecule has 0 fully saturated rings. The smallest absolute Gasteiger partial charge is 0.343 e. The van der Waals surface area contributed by atoms with Gasteiger partial charge in [-0.1, -0.05) is 18.2 Å². The minimum absolute atomic E-state index is 0.213. The van der Waals surface area contributed by atoms with Crippen molar-refractivity contribution in [1.29, 1.82) is 0 Å². The normalized spacial score (nSPS) is 12.6. The number of nitrogens with one attached hydrogen (secondary N) is 1. The first-order valence-corrected chi connectivity index (χ1v) is 6.55. The summed E-state index contributed by atoms with van der Waals surface area (Å²) in [7, 11) is 0. The third-order valence-corrected chi connectivity index (χ3v) is 3.70. The fraction of sp³-hybridized carbons (Fsp3) is 0.333. The van der Waals surface area contributed by atoms with E-state index in [2.05, 4.69) is 10.2 Å². The van der Waals surface area contributed by atoms with E-state index >= 15 is 0 Å². The van der Waals surface area contributed by atoms with Crippen LogP contribution in [0.4, 0.5) is 0 Å². The second-order valence-corrected chi connectivity index (χ2v) is 4.88. The van der Waals surface area contributed by atoms with E-state index in [1.807, 2.05) is 31.2 Å². The first-order valence-electron chi connectivity index (χ1n) is 5.73. The summed E-state index contributed by atoms with van der Waals surface area (Å²) in [5.41, 5.74) is 0.620. The average Bonchev–Trinajstić information content (AvgIpc) is 2.70. The molecule has 18 heavy (non-hydrogen) atoms. The highest BCUT2D eigenvalue weighted by atomic mass is 32.2. The SMILES string of the molecule is CCn1c(Sc2ccccc2C(C)O)n[nH]c1=O. The quantitative estimate of drug-likeness (QED) is 0.884. The van der Waals surface area contributed by atoms with E-state index in [0.29, 0.717) is 11.7 Å². The summed E-state index contributed by atoms with van der Waals surface area (Å²) in [6.07, 6.45) is -0.547. The molecule has 0 saturated heterocycles. The van der Waals surface area contributed by atoms with Crippen LogP contribution >= 0.6 is 11.8 Å². The zero-order valence-electron chi connectivity index (χ0n) is 10.3. The predicted molar refractivity (Wildman–Crippen MR) is 69.7 cm³/mol. The van der Waals surface area contributed by atoms with Gasteiger partial charge < -0.3 is 5.11 Å². The summed E-state index contributed by atoms with van der Waals surface area (Å²) in [6.45, 7) is 4.17. The lowest BCUT2D eigenvalue weighted by atomic mass is 10.1. The number of hydrogen-bond donors (Lipinski definition) is 2. The summed E-state index contributed by atoms with van der Waals surface area (Å²) < 4.78 is 1.56. The van der Waals surface area contributed by atoms with E-state index in [0.717, 1.165) is 10.5 Å². The first-order chi connectivity index (χ1) is 8.63. The Morgan fingerprint density at radius 1 is 1.50 bits per heavy atom. The summed E-state index contributed by atoms with van der Waals surface area (Å²) >= 11 is 1.38. The third-order valence-electron chi connectivity index (χ3n) is 2.61. The fourth-order valence-electron chi connectivity index (χ4n) is 1.68. The van der Waals surface area contributed by atoms with E-state index in [-0.39, 0.29) is 5.69 Å². The van der Waals surface area contributed by atoms with Crippen molar-refractivity contribution in [3.63, 3.8) is 0 Å². The van der Waals surface area contributed by atoms with Crippen molar-refractivity contribution in [2.75, 3.05) is 0 Å². The Morgan fingerprint density at radius 3 is 2.89 bits per heavy atom. The number of aromatic amines is 1. The summed E-state index contributed by atoms with van der Waals surface area (Å²) in [4.78, 5) is 12.4. The number of H-pyrrole nitrogens is 1. The van der Waals surface area contributed by atoms with E-state index in [4.69, 9.17) is 0 Å². The van der Waals surface area contributed by atoms with Gasteiger partial charge >= 0.3 is 5.69 Å². The van der Waals surface area contributed by atoms with Crippen molar-refractivity contribution < 1.29 is 5.11 Å².